The molecule has 3 aromatic heterocycles. The van der Waals surface area contributed by atoms with Gasteiger partial charge in [0.15, 0.2) is 5.75 Å². The van der Waals surface area contributed by atoms with Gasteiger partial charge in [-0.2, -0.15) is 0 Å². The molecule has 116 valence electrons. The lowest BCUT2D eigenvalue weighted by molar-refractivity contribution is 0.314. The second kappa shape index (κ2) is 6.87. The molecule has 0 aromatic carbocycles. The molecule has 0 saturated heterocycles. The summed E-state index contributed by atoms with van der Waals surface area (Å²) in [5, 5.41) is 0. The van der Waals surface area contributed by atoms with E-state index < -0.39 is 0 Å². The van der Waals surface area contributed by atoms with E-state index in [1.807, 2.05) is 44.2 Å². The Morgan fingerprint density at radius 1 is 1.04 bits per heavy atom. The smallest absolute Gasteiger partial charge is 0.263 e. The zero-order chi connectivity index (χ0) is 16.1. The fourth-order valence-electron chi connectivity index (χ4n) is 2.13. The third-order valence-corrected chi connectivity index (χ3v) is 3.18. The lowest BCUT2D eigenvalue weighted by atomic mass is 10.1. The molecule has 5 nitrogen and oxygen atoms in total. The highest BCUT2D eigenvalue weighted by Crippen LogP contribution is 2.32. The molecule has 0 atom stereocenters. The Morgan fingerprint density at radius 3 is 2.70 bits per heavy atom. The van der Waals surface area contributed by atoms with E-state index in [0.717, 1.165) is 16.8 Å². The van der Waals surface area contributed by atoms with E-state index in [9.17, 15) is 0 Å². The summed E-state index contributed by atoms with van der Waals surface area (Å²) in [4.78, 5) is 12.8. The molecule has 0 bridgehead atoms. The molecule has 0 fully saturated rings. The maximum atomic E-state index is 5.77. The molecule has 3 heterocycles. The third kappa shape index (κ3) is 3.63. The second-order valence-corrected chi connectivity index (χ2v) is 4.92. The number of nitrogens with zero attached hydrogens (tertiary/aromatic N) is 3. The van der Waals surface area contributed by atoms with Gasteiger partial charge in [-0.25, -0.2) is 9.97 Å². The molecule has 3 aromatic rings. The van der Waals surface area contributed by atoms with Gasteiger partial charge in [0.25, 0.3) is 5.88 Å². The highest BCUT2D eigenvalue weighted by atomic mass is 16.5. The normalized spacial score (nSPS) is 10.3. The molecule has 0 aliphatic heterocycles. The van der Waals surface area contributed by atoms with Crippen molar-refractivity contribution in [3.8, 4) is 28.6 Å². The monoisotopic (exact) mass is 307 g/mol. The summed E-state index contributed by atoms with van der Waals surface area (Å²) in [6.45, 7) is 4.36. The first kappa shape index (κ1) is 15.0. The summed E-state index contributed by atoms with van der Waals surface area (Å²) in [5.41, 5.74) is 2.78. The summed E-state index contributed by atoms with van der Waals surface area (Å²) in [6, 6.07) is 11.4. The first-order valence-corrected chi connectivity index (χ1v) is 7.41. The summed E-state index contributed by atoms with van der Waals surface area (Å²) >= 11 is 0. The van der Waals surface area contributed by atoms with Crippen LogP contribution in [0.25, 0.3) is 11.1 Å². The Labute approximate surface area is 135 Å². The lowest BCUT2D eigenvalue weighted by Gasteiger charge is -2.11. The van der Waals surface area contributed by atoms with Crippen LogP contribution in [0.1, 0.15) is 12.6 Å². The second-order valence-electron chi connectivity index (χ2n) is 4.92. The summed E-state index contributed by atoms with van der Waals surface area (Å²) in [5.74, 6) is 1.47. The van der Waals surface area contributed by atoms with Gasteiger partial charge in [-0.15, -0.1) is 0 Å². The molecule has 0 aliphatic rings. The Morgan fingerprint density at radius 2 is 1.96 bits per heavy atom. The van der Waals surface area contributed by atoms with Crippen LogP contribution in [0.4, 0.5) is 0 Å². The molecule has 5 heteroatoms. The van der Waals surface area contributed by atoms with Gasteiger partial charge >= 0.3 is 0 Å². The van der Waals surface area contributed by atoms with Gasteiger partial charge in [-0.3, -0.25) is 4.98 Å². The van der Waals surface area contributed by atoms with Gasteiger partial charge in [0, 0.05) is 41.5 Å². The molecule has 0 N–H and O–H groups in total. The molecule has 0 radical (unpaired) electrons. The van der Waals surface area contributed by atoms with Crippen molar-refractivity contribution < 1.29 is 9.47 Å². The zero-order valence-corrected chi connectivity index (χ0v) is 13.1. The van der Waals surface area contributed by atoms with E-state index in [1.165, 1.54) is 0 Å². The molecule has 23 heavy (non-hydrogen) atoms. The van der Waals surface area contributed by atoms with E-state index in [2.05, 4.69) is 15.0 Å². The number of aryl methyl sites for hydroxylation is 1. The predicted molar refractivity (Wildman–Crippen MR) is 87.7 cm³/mol. The number of ether oxygens (including phenoxy) is 2. The van der Waals surface area contributed by atoms with Crippen LogP contribution in [0.3, 0.4) is 0 Å². The van der Waals surface area contributed by atoms with E-state index in [-0.39, 0.29) is 0 Å². The van der Waals surface area contributed by atoms with Crippen molar-refractivity contribution >= 4 is 0 Å². The first-order valence-electron chi connectivity index (χ1n) is 7.41. The van der Waals surface area contributed by atoms with Crippen LogP contribution in [0.5, 0.6) is 17.5 Å². The van der Waals surface area contributed by atoms with Crippen molar-refractivity contribution in [2.45, 2.75) is 13.8 Å². The number of hydrogen-bond acceptors (Lipinski definition) is 5. The summed E-state index contributed by atoms with van der Waals surface area (Å²) in [6.07, 6.45) is 5.27. The summed E-state index contributed by atoms with van der Waals surface area (Å²) in [7, 11) is 0. The van der Waals surface area contributed by atoms with Gasteiger partial charge in [-0.1, -0.05) is 12.1 Å². The number of aromatic nitrogens is 3. The minimum absolute atomic E-state index is 0.401. The van der Waals surface area contributed by atoms with E-state index in [0.29, 0.717) is 24.1 Å². The van der Waals surface area contributed by atoms with Gasteiger partial charge in [0.1, 0.15) is 0 Å². The van der Waals surface area contributed by atoms with Crippen LogP contribution in [0, 0.1) is 6.92 Å². The van der Waals surface area contributed by atoms with Gasteiger partial charge in [0.05, 0.1) is 6.61 Å². The molecular weight excluding hydrogens is 290 g/mol. The first-order chi connectivity index (χ1) is 11.3. The van der Waals surface area contributed by atoms with Crippen LogP contribution in [0.15, 0.2) is 55.0 Å². The van der Waals surface area contributed by atoms with Crippen LogP contribution in [0.2, 0.25) is 0 Å². The van der Waals surface area contributed by atoms with Crippen molar-refractivity contribution in [2.24, 2.45) is 0 Å². The zero-order valence-electron chi connectivity index (χ0n) is 13.1. The maximum Gasteiger partial charge on any atom is 0.263 e. The molecule has 0 aliphatic carbocycles. The standard InChI is InChI=1S/C18H17N3O2/c1-3-22-16-10-15(14-7-5-9-19-11-14)12-20-18(16)23-17-8-4-6-13(2)21-17/h4-12H,3H2,1-2H3. The van der Waals surface area contributed by atoms with E-state index >= 15 is 0 Å². The molecule has 0 amide bonds. The van der Waals surface area contributed by atoms with Crippen LogP contribution in [-0.4, -0.2) is 21.6 Å². The number of rotatable bonds is 5. The SMILES string of the molecule is CCOc1cc(-c2cccnc2)cnc1Oc1cccc(C)n1. The lowest BCUT2D eigenvalue weighted by Crippen LogP contribution is -1.99. The van der Waals surface area contributed by atoms with Crippen LogP contribution >= 0.6 is 0 Å². The average molecular weight is 307 g/mol. The van der Waals surface area contributed by atoms with Crippen LogP contribution in [-0.2, 0) is 0 Å². The number of hydrogen-bond donors (Lipinski definition) is 0. The van der Waals surface area contributed by atoms with Crippen molar-refractivity contribution in [3.63, 3.8) is 0 Å². The third-order valence-electron chi connectivity index (χ3n) is 3.18. The van der Waals surface area contributed by atoms with Crippen molar-refractivity contribution in [3.05, 3.63) is 60.7 Å². The van der Waals surface area contributed by atoms with Crippen molar-refractivity contribution in [2.75, 3.05) is 6.61 Å². The fourth-order valence-corrected chi connectivity index (χ4v) is 2.13. The predicted octanol–water partition coefficient (Wildman–Crippen LogP) is 4.04. The molecule has 0 saturated carbocycles. The highest BCUT2D eigenvalue weighted by molar-refractivity contribution is 5.64. The van der Waals surface area contributed by atoms with Crippen LogP contribution < -0.4 is 9.47 Å². The molecule has 3 rings (SSSR count). The molecule has 0 spiro atoms. The van der Waals surface area contributed by atoms with Gasteiger partial charge in [-0.05, 0) is 32.0 Å². The molecular formula is C18H17N3O2. The largest absolute Gasteiger partial charge is 0.488 e. The van der Waals surface area contributed by atoms with Gasteiger partial charge < -0.3 is 9.47 Å². The van der Waals surface area contributed by atoms with E-state index in [4.69, 9.17) is 9.47 Å². The Bertz CT molecular complexity index is 791. The minimum atomic E-state index is 0.401. The van der Waals surface area contributed by atoms with E-state index in [1.54, 1.807) is 24.7 Å². The Kier molecular flexibility index (Phi) is 4.47. The molecule has 0 unspecified atom stereocenters. The Balaban J connectivity index is 1.94. The maximum absolute atomic E-state index is 5.77. The summed E-state index contributed by atoms with van der Waals surface area (Å²) < 4.78 is 11.4. The average Bonchev–Trinajstić information content (AvgIpc) is 2.57. The van der Waals surface area contributed by atoms with Gasteiger partial charge in [0.2, 0.25) is 5.88 Å². The topological polar surface area (TPSA) is 57.1 Å². The minimum Gasteiger partial charge on any atom is -0.488 e. The fraction of sp³-hybridized carbons (Fsp3) is 0.167. The highest BCUT2D eigenvalue weighted by Gasteiger charge is 2.11. The Hall–Kier alpha value is -2.95. The quantitative estimate of drug-likeness (QED) is 0.712. The van der Waals surface area contributed by atoms with Crippen molar-refractivity contribution in [1.29, 1.82) is 0 Å². The van der Waals surface area contributed by atoms with Crippen molar-refractivity contribution in [1.82, 2.24) is 15.0 Å². The number of pyridine rings is 3.